The van der Waals surface area contributed by atoms with Crippen molar-refractivity contribution in [3.8, 4) is 5.75 Å². The summed E-state index contributed by atoms with van der Waals surface area (Å²) < 4.78 is 5.36. The van der Waals surface area contributed by atoms with E-state index in [4.69, 9.17) is 10.5 Å². The molecule has 1 amide bonds. The summed E-state index contributed by atoms with van der Waals surface area (Å²) in [7, 11) is 0. The number of carbonyl (C=O) groups excluding carboxylic acids is 1. The summed E-state index contributed by atoms with van der Waals surface area (Å²) in [6.45, 7) is 3.29. The smallest absolute Gasteiger partial charge is 0.251 e. The molecule has 1 aliphatic carbocycles. The number of amides is 1. The van der Waals surface area contributed by atoms with Gasteiger partial charge in [-0.2, -0.15) is 0 Å². The molecule has 0 aromatic heterocycles. The number of hydrogen-bond donors (Lipinski definition) is 2. The number of rotatable bonds is 5. The van der Waals surface area contributed by atoms with Crippen molar-refractivity contribution in [3.05, 3.63) is 29.8 Å². The molecule has 1 aliphatic rings. The van der Waals surface area contributed by atoms with E-state index in [0.29, 0.717) is 24.1 Å². The van der Waals surface area contributed by atoms with E-state index in [1.54, 1.807) is 12.1 Å². The van der Waals surface area contributed by atoms with Gasteiger partial charge in [0.05, 0.1) is 6.61 Å². The SMILES string of the molecule is CCOc1ccc(C(=O)NCC2CCCC(N)C2)cc1. The Hall–Kier alpha value is -1.55. The van der Waals surface area contributed by atoms with Crippen LogP contribution in [-0.2, 0) is 0 Å². The summed E-state index contributed by atoms with van der Waals surface area (Å²) in [5.74, 6) is 1.29. The first-order valence-electron chi connectivity index (χ1n) is 7.45. The van der Waals surface area contributed by atoms with Gasteiger partial charge in [-0.15, -0.1) is 0 Å². The van der Waals surface area contributed by atoms with E-state index in [-0.39, 0.29) is 5.91 Å². The highest BCUT2D eigenvalue weighted by Crippen LogP contribution is 2.22. The summed E-state index contributed by atoms with van der Waals surface area (Å²) in [5.41, 5.74) is 6.64. The van der Waals surface area contributed by atoms with Gasteiger partial charge in [-0.25, -0.2) is 0 Å². The van der Waals surface area contributed by atoms with E-state index >= 15 is 0 Å². The Bertz CT molecular complexity index is 431. The molecule has 0 spiro atoms. The van der Waals surface area contributed by atoms with E-state index in [0.717, 1.165) is 31.6 Å². The van der Waals surface area contributed by atoms with E-state index in [1.165, 1.54) is 6.42 Å². The maximum absolute atomic E-state index is 12.1. The van der Waals surface area contributed by atoms with Crippen LogP contribution in [0.3, 0.4) is 0 Å². The first-order chi connectivity index (χ1) is 9.69. The first-order valence-corrected chi connectivity index (χ1v) is 7.45. The highest BCUT2D eigenvalue weighted by atomic mass is 16.5. The lowest BCUT2D eigenvalue weighted by molar-refractivity contribution is 0.0942. The Morgan fingerprint density at radius 3 is 2.75 bits per heavy atom. The molecule has 2 unspecified atom stereocenters. The lowest BCUT2D eigenvalue weighted by Gasteiger charge is -2.26. The number of ether oxygens (including phenoxy) is 1. The van der Waals surface area contributed by atoms with Crippen molar-refractivity contribution in [1.29, 1.82) is 0 Å². The standard InChI is InChI=1S/C16H24N2O2/c1-2-20-15-8-6-13(7-9-15)16(19)18-11-12-4-3-5-14(17)10-12/h6-9,12,14H,2-5,10-11,17H2,1H3,(H,18,19). The molecule has 1 fully saturated rings. The second kappa shape index (κ2) is 7.29. The van der Waals surface area contributed by atoms with Crippen molar-refractivity contribution in [2.45, 2.75) is 38.6 Å². The maximum atomic E-state index is 12.1. The van der Waals surface area contributed by atoms with Crippen LogP contribution in [0.1, 0.15) is 43.0 Å². The Kier molecular flexibility index (Phi) is 5.41. The minimum absolute atomic E-state index is 0.0211. The van der Waals surface area contributed by atoms with Crippen molar-refractivity contribution in [2.24, 2.45) is 11.7 Å². The van der Waals surface area contributed by atoms with Gasteiger partial charge in [0.25, 0.3) is 5.91 Å². The average Bonchev–Trinajstić information content (AvgIpc) is 2.46. The van der Waals surface area contributed by atoms with Crippen molar-refractivity contribution in [2.75, 3.05) is 13.2 Å². The van der Waals surface area contributed by atoms with Crippen molar-refractivity contribution in [1.82, 2.24) is 5.32 Å². The van der Waals surface area contributed by atoms with Gasteiger partial charge in [0, 0.05) is 18.2 Å². The molecular weight excluding hydrogens is 252 g/mol. The molecule has 3 N–H and O–H groups in total. The molecule has 20 heavy (non-hydrogen) atoms. The Balaban J connectivity index is 1.82. The summed E-state index contributed by atoms with van der Waals surface area (Å²) >= 11 is 0. The quantitative estimate of drug-likeness (QED) is 0.867. The highest BCUT2D eigenvalue weighted by molar-refractivity contribution is 5.94. The van der Waals surface area contributed by atoms with E-state index in [1.807, 2.05) is 19.1 Å². The third kappa shape index (κ3) is 4.23. The lowest BCUT2D eigenvalue weighted by Crippen LogP contribution is -2.35. The second-order valence-corrected chi connectivity index (χ2v) is 5.46. The van der Waals surface area contributed by atoms with Crippen LogP contribution in [0.5, 0.6) is 5.75 Å². The Morgan fingerprint density at radius 1 is 1.35 bits per heavy atom. The normalized spacial score (nSPS) is 22.3. The van der Waals surface area contributed by atoms with Gasteiger partial charge < -0.3 is 15.8 Å². The molecule has 0 bridgehead atoms. The third-order valence-corrected chi connectivity index (χ3v) is 3.80. The topological polar surface area (TPSA) is 64.3 Å². The lowest BCUT2D eigenvalue weighted by atomic mass is 9.86. The summed E-state index contributed by atoms with van der Waals surface area (Å²) in [6.07, 6.45) is 4.47. The van der Waals surface area contributed by atoms with Gasteiger partial charge in [0.15, 0.2) is 0 Å². The fraction of sp³-hybridized carbons (Fsp3) is 0.562. The van der Waals surface area contributed by atoms with Gasteiger partial charge in [0.1, 0.15) is 5.75 Å². The van der Waals surface area contributed by atoms with Crippen LogP contribution in [0, 0.1) is 5.92 Å². The number of nitrogens with two attached hydrogens (primary N) is 1. The molecule has 4 nitrogen and oxygen atoms in total. The molecule has 4 heteroatoms. The zero-order valence-electron chi connectivity index (χ0n) is 12.1. The van der Waals surface area contributed by atoms with Crippen LogP contribution < -0.4 is 15.8 Å². The number of benzene rings is 1. The van der Waals surface area contributed by atoms with Crippen LogP contribution in [0.25, 0.3) is 0 Å². The molecule has 0 heterocycles. The van der Waals surface area contributed by atoms with Crippen molar-refractivity contribution < 1.29 is 9.53 Å². The molecule has 2 rings (SSSR count). The minimum atomic E-state index is -0.0211. The minimum Gasteiger partial charge on any atom is -0.494 e. The molecule has 1 saturated carbocycles. The summed E-state index contributed by atoms with van der Waals surface area (Å²) in [4.78, 5) is 12.1. The fourth-order valence-electron chi connectivity index (χ4n) is 2.73. The molecule has 1 aromatic rings. The van der Waals surface area contributed by atoms with Crippen LogP contribution in [-0.4, -0.2) is 25.1 Å². The van der Waals surface area contributed by atoms with Crippen LogP contribution >= 0.6 is 0 Å². The number of hydrogen-bond acceptors (Lipinski definition) is 3. The van der Waals surface area contributed by atoms with E-state index < -0.39 is 0 Å². The summed E-state index contributed by atoms with van der Waals surface area (Å²) in [6, 6.07) is 7.56. The predicted molar refractivity (Wildman–Crippen MR) is 79.9 cm³/mol. The monoisotopic (exact) mass is 276 g/mol. The van der Waals surface area contributed by atoms with Crippen molar-refractivity contribution >= 4 is 5.91 Å². The highest BCUT2D eigenvalue weighted by Gasteiger charge is 2.19. The molecule has 1 aromatic carbocycles. The Labute approximate surface area is 120 Å². The Morgan fingerprint density at radius 2 is 2.10 bits per heavy atom. The van der Waals surface area contributed by atoms with Gasteiger partial charge >= 0.3 is 0 Å². The fourth-order valence-corrected chi connectivity index (χ4v) is 2.73. The van der Waals surface area contributed by atoms with Crippen LogP contribution in [0.4, 0.5) is 0 Å². The molecule has 0 radical (unpaired) electrons. The molecule has 110 valence electrons. The van der Waals surface area contributed by atoms with Gasteiger partial charge in [-0.05, 0) is 56.4 Å². The average molecular weight is 276 g/mol. The molecular formula is C16H24N2O2. The van der Waals surface area contributed by atoms with Crippen LogP contribution in [0.15, 0.2) is 24.3 Å². The van der Waals surface area contributed by atoms with Crippen molar-refractivity contribution in [3.63, 3.8) is 0 Å². The second-order valence-electron chi connectivity index (χ2n) is 5.46. The van der Waals surface area contributed by atoms with Gasteiger partial charge in [0.2, 0.25) is 0 Å². The van der Waals surface area contributed by atoms with Gasteiger partial charge in [-0.1, -0.05) is 6.42 Å². The largest absolute Gasteiger partial charge is 0.494 e. The number of carbonyl (C=O) groups is 1. The van der Waals surface area contributed by atoms with E-state index in [9.17, 15) is 4.79 Å². The predicted octanol–water partition coefficient (Wildman–Crippen LogP) is 2.33. The maximum Gasteiger partial charge on any atom is 0.251 e. The van der Waals surface area contributed by atoms with Gasteiger partial charge in [-0.3, -0.25) is 4.79 Å². The molecule has 0 saturated heterocycles. The molecule has 2 atom stereocenters. The summed E-state index contributed by atoms with van der Waals surface area (Å²) in [5, 5.41) is 3.01. The van der Waals surface area contributed by atoms with Crippen LogP contribution in [0.2, 0.25) is 0 Å². The zero-order chi connectivity index (χ0) is 14.4. The molecule has 0 aliphatic heterocycles. The zero-order valence-corrected chi connectivity index (χ0v) is 12.1. The van der Waals surface area contributed by atoms with E-state index in [2.05, 4.69) is 5.32 Å². The number of nitrogens with one attached hydrogen (secondary N) is 1. The third-order valence-electron chi connectivity index (χ3n) is 3.80. The first kappa shape index (κ1) is 14.9.